The maximum Gasteiger partial charge on any atom is 0.176 e. The summed E-state index contributed by atoms with van der Waals surface area (Å²) in [5, 5.41) is 0.648. The molecular weight excluding hydrogens is 244 g/mol. The molecule has 0 unspecified atom stereocenters. The molecular formula is C12H15ClO2S. The lowest BCUT2D eigenvalue weighted by molar-refractivity contribution is -0.128. The van der Waals surface area contributed by atoms with E-state index in [0.717, 1.165) is 0 Å². The molecule has 0 radical (unpaired) electrons. The summed E-state index contributed by atoms with van der Waals surface area (Å²) in [6.45, 7) is 3.77. The molecule has 0 saturated carbocycles. The van der Waals surface area contributed by atoms with Crippen LogP contribution in [0.1, 0.15) is 13.8 Å². The minimum atomic E-state index is -0.449. The van der Waals surface area contributed by atoms with Crippen molar-refractivity contribution in [3.63, 3.8) is 0 Å². The fraction of sp³-hybridized carbons (Fsp3) is 0.417. The molecule has 0 fully saturated rings. The second kappa shape index (κ2) is 5.60. The van der Waals surface area contributed by atoms with Gasteiger partial charge < -0.3 is 4.74 Å². The molecule has 0 aromatic heterocycles. The molecule has 1 aromatic carbocycles. The van der Waals surface area contributed by atoms with Gasteiger partial charge in [-0.1, -0.05) is 25.4 Å². The number of thiol groups is 1. The van der Waals surface area contributed by atoms with Gasteiger partial charge in [0.1, 0.15) is 12.4 Å². The molecule has 4 heteroatoms. The van der Waals surface area contributed by atoms with Crippen molar-refractivity contribution in [2.24, 2.45) is 5.41 Å². The Kier molecular flexibility index (Phi) is 4.69. The van der Waals surface area contributed by atoms with Crippen LogP contribution in [0.5, 0.6) is 5.75 Å². The molecule has 2 nitrogen and oxygen atoms in total. The van der Waals surface area contributed by atoms with E-state index in [0.29, 0.717) is 16.5 Å². The van der Waals surface area contributed by atoms with Crippen molar-refractivity contribution in [1.82, 2.24) is 0 Å². The Balaban J connectivity index is 2.52. The Hall–Kier alpha value is -0.670. The summed E-state index contributed by atoms with van der Waals surface area (Å²) in [7, 11) is 0. The van der Waals surface area contributed by atoms with E-state index in [4.69, 9.17) is 16.3 Å². The Labute approximate surface area is 106 Å². The minimum absolute atomic E-state index is 0.0393. The van der Waals surface area contributed by atoms with E-state index in [2.05, 4.69) is 12.6 Å². The van der Waals surface area contributed by atoms with Gasteiger partial charge in [0.15, 0.2) is 5.78 Å². The molecule has 0 amide bonds. The molecule has 0 N–H and O–H groups in total. The van der Waals surface area contributed by atoms with Gasteiger partial charge in [-0.05, 0) is 24.3 Å². The predicted octanol–water partition coefficient (Wildman–Crippen LogP) is 3.24. The van der Waals surface area contributed by atoms with E-state index >= 15 is 0 Å². The second-order valence-electron chi connectivity index (χ2n) is 4.21. The molecule has 0 heterocycles. The number of hydrogen-bond acceptors (Lipinski definition) is 3. The van der Waals surface area contributed by atoms with Crippen LogP contribution in [0.2, 0.25) is 5.02 Å². The summed E-state index contributed by atoms with van der Waals surface area (Å²) < 4.78 is 5.37. The van der Waals surface area contributed by atoms with Gasteiger partial charge in [0.05, 0.1) is 0 Å². The summed E-state index contributed by atoms with van der Waals surface area (Å²) in [4.78, 5) is 11.7. The zero-order valence-corrected chi connectivity index (χ0v) is 11.0. The molecule has 16 heavy (non-hydrogen) atoms. The third-order valence-corrected chi connectivity index (χ3v) is 3.38. The summed E-state index contributed by atoms with van der Waals surface area (Å²) >= 11 is 9.88. The van der Waals surface area contributed by atoms with Crippen LogP contribution in [0.15, 0.2) is 24.3 Å². The second-order valence-corrected chi connectivity index (χ2v) is 4.96. The third kappa shape index (κ3) is 3.72. The highest BCUT2D eigenvalue weighted by atomic mass is 35.5. The maximum absolute atomic E-state index is 11.7. The Morgan fingerprint density at radius 3 is 2.44 bits per heavy atom. The standard InChI is InChI=1S/C12H15ClO2S/c1-12(2,8-16)11(14)7-15-10-5-3-9(13)4-6-10/h3-6,16H,7-8H2,1-2H3. The number of ketones is 1. The Morgan fingerprint density at radius 2 is 1.94 bits per heavy atom. The molecule has 0 spiro atoms. The van der Waals surface area contributed by atoms with E-state index in [1.807, 2.05) is 13.8 Å². The van der Waals surface area contributed by atoms with Gasteiger partial charge in [-0.3, -0.25) is 4.79 Å². The fourth-order valence-electron chi connectivity index (χ4n) is 0.963. The molecule has 0 bridgehead atoms. The molecule has 0 atom stereocenters. The first kappa shape index (κ1) is 13.4. The summed E-state index contributed by atoms with van der Waals surface area (Å²) in [6.07, 6.45) is 0. The molecule has 1 rings (SSSR count). The van der Waals surface area contributed by atoms with Gasteiger partial charge in [-0.2, -0.15) is 12.6 Å². The summed E-state index contributed by atoms with van der Waals surface area (Å²) in [5.41, 5.74) is -0.449. The number of ether oxygens (including phenoxy) is 1. The van der Waals surface area contributed by atoms with E-state index in [1.165, 1.54) is 0 Å². The third-order valence-electron chi connectivity index (χ3n) is 2.33. The van der Waals surface area contributed by atoms with Crippen molar-refractivity contribution in [2.45, 2.75) is 13.8 Å². The predicted molar refractivity (Wildman–Crippen MR) is 69.6 cm³/mol. The fourth-order valence-corrected chi connectivity index (χ4v) is 1.27. The van der Waals surface area contributed by atoms with Crippen LogP contribution in [0.4, 0.5) is 0 Å². The number of Topliss-reactive ketones (excluding diaryl/α,β-unsaturated/α-hetero) is 1. The molecule has 0 aliphatic carbocycles. The van der Waals surface area contributed by atoms with Crippen molar-refractivity contribution in [1.29, 1.82) is 0 Å². The summed E-state index contributed by atoms with van der Waals surface area (Å²) in [5.74, 6) is 1.20. The van der Waals surface area contributed by atoms with Crippen molar-refractivity contribution in [3.8, 4) is 5.75 Å². The normalized spacial score (nSPS) is 11.2. The maximum atomic E-state index is 11.7. The number of hydrogen-bond donors (Lipinski definition) is 1. The number of carbonyl (C=O) groups is 1. The monoisotopic (exact) mass is 258 g/mol. The largest absolute Gasteiger partial charge is 0.486 e. The number of rotatable bonds is 5. The van der Waals surface area contributed by atoms with E-state index in [-0.39, 0.29) is 12.4 Å². The zero-order chi connectivity index (χ0) is 12.2. The van der Waals surface area contributed by atoms with E-state index < -0.39 is 5.41 Å². The zero-order valence-electron chi connectivity index (χ0n) is 9.37. The first-order valence-electron chi connectivity index (χ1n) is 4.98. The highest BCUT2D eigenvalue weighted by molar-refractivity contribution is 7.80. The lowest BCUT2D eigenvalue weighted by Crippen LogP contribution is -2.30. The van der Waals surface area contributed by atoms with Gasteiger partial charge in [0.2, 0.25) is 0 Å². The van der Waals surface area contributed by atoms with Gasteiger partial charge in [0.25, 0.3) is 0 Å². The van der Waals surface area contributed by atoms with Gasteiger partial charge in [-0.15, -0.1) is 0 Å². The highest BCUT2D eigenvalue weighted by Crippen LogP contribution is 2.20. The van der Waals surface area contributed by atoms with Gasteiger partial charge in [0, 0.05) is 16.2 Å². The van der Waals surface area contributed by atoms with Crippen LogP contribution < -0.4 is 4.74 Å². The number of carbonyl (C=O) groups excluding carboxylic acids is 1. The van der Waals surface area contributed by atoms with Gasteiger partial charge >= 0.3 is 0 Å². The first-order chi connectivity index (χ1) is 7.45. The molecule has 88 valence electrons. The van der Waals surface area contributed by atoms with Crippen molar-refractivity contribution in [3.05, 3.63) is 29.3 Å². The lowest BCUT2D eigenvalue weighted by Gasteiger charge is -2.20. The number of benzene rings is 1. The first-order valence-corrected chi connectivity index (χ1v) is 5.99. The molecule has 0 aliphatic heterocycles. The van der Waals surface area contributed by atoms with Crippen LogP contribution in [0, 0.1) is 5.41 Å². The number of halogens is 1. The quantitative estimate of drug-likeness (QED) is 0.821. The van der Waals surface area contributed by atoms with Crippen molar-refractivity contribution < 1.29 is 9.53 Å². The topological polar surface area (TPSA) is 26.3 Å². The van der Waals surface area contributed by atoms with E-state index in [1.54, 1.807) is 24.3 Å². The van der Waals surface area contributed by atoms with Crippen LogP contribution in [-0.2, 0) is 4.79 Å². The van der Waals surface area contributed by atoms with E-state index in [9.17, 15) is 4.79 Å². The Morgan fingerprint density at radius 1 is 1.38 bits per heavy atom. The van der Waals surface area contributed by atoms with Crippen molar-refractivity contribution >= 4 is 30.0 Å². The minimum Gasteiger partial charge on any atom is -0.486 e. The van der Waals surface area contributed by atoms with Gasteiger partial charge in [-0.25, -0.2) is 0 Å². The molecule has 0 saturated heterocycles. The van der Waals surface area contributed by atoms with Crippen LogP contribution >= 0.6 is 24.2 Å². The van der Waals surface area contributed by atoms with Crippen LogP contribution in [0.3, 0.4) is 0 Å². The average Bonchev–Trinajstić information content (AvgIpc) is 2.28. The highest BCUT2D eigenvalue weighted by Gasteiger charge is 2.25. The van der Waals surface area contributed by atoms with Crippen molar-refractivity contribution in [2.75, 3.05) is 12.4 Å². The SMILES string of the molecule is CC(C)(CS)C(=O)COc1ccc(Cl)cc1. The van der Waals surface area contributed by atoms with Crippen LogP contribution in [0.25, 0.3) is 0 Å². The Bertz CT molecular complexity index is 360. The van der Waals surface area contributed by atoms with Crippen LogP contribution in [-0.4, -0.2) is 18.1 Å². The molecule has 1 aromatic rings. The average molecular weight is 259 g/mol. The molecule has 0 aliphatic rings. The summed E-state index contributed by atoms with van der Waals surface area (Å²) in [6, 6.07) is 6.93. The lowest BCUT2D eigenvalue weighted by atomic mass is 9.91. The smallest absolute Gasteiger partial charge is 0.176 e.